The molecular formula is C18H36BN. The third-order valence-corrected chi connectivity index (χ3v) is 4.83. The van der Waals surface area contributed by atoms with E-state index in [1.807, 2.05) is 0 Å². The molecule has 1 nitrogen and oxygen atoms in total. The van der Waals surface area contributed by atoms with Crippen molar-refractivity contribution >= 4 is 6.71 Å². The molecule has 0 amide bonds. The summed E-state index contributed by atoms with van der Waals surface area (Å²) in [6.07, 6.45) is 9.78. The molecule has 0 aromatic rings. The minimum Gasteiger partial charge on any atom is -0.305 e. The van der Waals surface area contributed by atoms with E-state index >= 15 is 0 Å². The Kier molecular flexibility index (Phi) is 7.95. The topological polar surface area (TPSA) is 3.24 Å². The average molecular weight is 277 g/mol. The van der Waals surface area contributed by atoms with Crippen LogP contribution in [0.3, 0.4) is 0 Å². The highest BCUT2D eigenvalue weighted by Crippen LogP contribution is 2.28. The van der Waals surface area contributed by atoms with Crippen molar-refractivity contribution in [2.24, 2.45) is 11.8 Å². The third-order valence-electron chi connectivity index (χ3n) is 4.83. The molecule has 0 bridgehead atoms. The smallest absolute Gasteiger partial charge is 0.167 e. The van der Waals surface area contributed by atoms with E-state index in [0.717, 1.165) is 19.2 Å². The fraction of sp³-hybridized carbons (Fsp3) is 0.889. The standard InChI is InChI=1S/C18H36BN/c1-15(2)18-17(14-20(5)6)12-9-11-16(3)10-7-8-13-19(18)4/h15-16H,7-14H2,1-6H3. The van der Waals surface area contributed by atoms with Gasteiger partial charge in [-0.05, 0) is 38.8 Å². The minimum absolute atomic E-state index is 0.707. The van der Waals surface area contributed by atoms with Gasteiger partial charge in [-0.2, -0.15) is 0 Å². The summed E-state index contributed by atoms with van der Waals surface area (Å²) < 4.78 is 0. The first-order valence-electron chi connectivity index (χ1n) is 8.78. The van der Waals surface area contributed by atoms with Gasteiger partial charge in [-0.1, -0.05) is 70.6 Å². The Morgan fingerprint density at radius 1 is 1.15 bits per heavy atom. The number of likely N-dealkylation sites (N-methyl/N-ethyl adjacent to an activating group) is 1. The van der Waals surface area contributed by atoms with Crippen molar-refractivity contribution in [1.82, 2.24) is 4.90 Å². The van der Waals surface area contributed by atoms with Gasteiger partial charge in [-0.25, -0.2) is 0 Å². The van der Waals surface area contributed by atoms with Crippen LogP contribution in [0.15, 0.2) is 11.0 Å². The Labute approximate surface area is 128 Å². The van der Waals surface area contributed by atoms with Crippen LogP contribution in [0.2, 0.25) is 13.1 Å². The summed E-state index contributed by atoms with van der Waals surface area (Å²) >= 11 is 0. The molecule has 0 fully saturated rings. The second-order valence-electron chi connectivity index (χ2n) is 7.63. The van der Waals surface area contributed by atoms with Gasteiger partial charge in [0.25, 0.3) is 0 Å². The lowest BCUT2D eigenvalue weighted by Gasteiger charge is -2.25. The molecule has 1 aliphatic rings. The first-order chi connectivity index (χ1) is 9.41. The van der Waals surface area contributed by atoms with E-state index in [4.69, 9.17) is 0 Å². The first-order valence-corrected chi connectivity index (χ1v) is 8.78. The predicted molar refractivity (Wildman–Crippen MR) is 93.7 cm³/mol. The van der Waals surface area contributed by atoms with Gasteiger partial charge >= 0.3 is 0 Å². The molecule has 1 atom stereocenters. The zero-order valence-electron chi connectivity index (χ0n) is 14.8. The van der Waals surface area contributed by atoms with Crippen LogP contribution in [0, 0.1) is 11.8 Å². The van der Waals surface area contributed by atoms with Crippen molar-refractivity contribution < 1.29 is 0 Å². The van der Waals surface area contributed by atoms with E-state index in [-0.39, 0.29) is 0 Å². The van der Waals surface area contributed by atoms with Gasteiger partial charge in [0.1, 0.15) is 0 Å². The molecule has 0 aromatic heterocycles. The summed E-state index contributed by atoms with van der Waals surface area (Å²) in [6, 6.07) is 0. The largest absolute Gasteiger partial charge is 0.305 e. The number of hydrogen-bond donors (Lipinski definition) is 0. The Bertz CT molecular complexity index is 307. The molecule has 1 heterocycles. The van der Waals surface area contributed by atoms with Crippen molar-refractivity contribution in [1.29, 1.82) is 0 Å². The molecule has 0 aromatic carbocycles. The molecule has 2 heteroatoms. The summed E-state index contributed by atoms with van der Waals surface area (Å²) in [5.74, 6) is 1.63. The van der Waals surface area contributed by atoms with E-state index in [1.54, 1.807) is 11.0 Å². The van der Waals surface area contributed by atoms with E-state index < -0.39 is 0 Å². The second-order valence-corrected chi connectivity index (χ2v) is 7.63. The van der Waals surface area contributed by atoms with Crippen molar-refractivity contribution in [3.63, 3.8) is 0 Å². The van der Waals surface area contributed by atoms with Crippen molar-refractivity contribution in [2.75, 3.05) is 20.6 Å². The highest BCUT2D eigenvalue weighted by atomic mass is 15.0. The maximum absolute atomic E-state index is 2.46. The van der Waals surface area contributed by atoms with Crippen molar-refractivity contribution in [2.45, 2.75) is 72.4 Å². The SMILES string of the molecule is CB1CCCCC(C)CCCC(CN(C)C)=C1C(C)C. The van der Waals surface area contributed by atoms with Crippen LogP contribution in [0.5, 0.6) is 0 Å². The number of rotatable bonds is 3. The van der Waals surface area contributed by atoms with Crippen molar-refractivity contribution in [3.8, 4) is 0 Å². The zero-order valence-corrected chi connectivity index (χ0v) is 14.8. The summed E-state index contributed by atoms with van der Waals surface area (Å²) in [5, 5.41) is 0. The third kappa shape index (κ3) is 6.03. The molecular weight excluding hydrogens is 241 g/mol. The van der Waals surface area contributed by atoms with E-state index in [2.05, 4.69) is 46.6 Å². The Hall–Kier alpha value is -0.235. The first kappa shape index (κ1) is 17.8. The highest BCUT2D eigenvalue weighted by molar-refractivity contribution is 6.65. The van der Waals surface area contributed by atoms with Crippen LogP contribution in [-0.4, -0.2) is 32.3 Å². The zero-order chi connectivity index (χ0) is 15.1. The van der Waals surface area contributed by atoms with Crippen molar-refractivity contribution in [3.05, 3.63) is 11.0 Å². The van der Waals surface area contributed by atoms with Crippen LogP contribution in [-0.2, 0) is 0 Å². The minimum atomic E-state index is 0.707. The van der Waals surface area contributed by atoms with Gasteiger partial charge in [0.05, 0.1) is 0 Å². The normalized spacial score (nSPS) is 23.4. The van der Waals surface area contributed by atoms with Crippen LogP contribution in [0.4, 0.5) is 0 Å². The van der Waals surface area contributed by atoms with E-state index in [0.29, 0.717) is 5.92 Å². The summed E-state index contributed by atoms with van der Waals surface area (Å²) in [7, 11) is 4.42. The Morgan fingerprint density at radius 2 is 1.80 bits per heavy atom. The number of allylic oxidation sites excluding steroid dienone is 1. The fourth-order valence-corrected chi connectivity index (χ4v) is 3.93. The number of hydrogen-bond acceptors (Lipinski definition) is 1. The van der Waals surface area contributed by atoms with Gasteiger partial charge in [0.2, 0.25) is 0 Å². The van der Waals surface area contributed by atoms with Crippen LogP contribution < -0.4 is 0 Å². The molecule has 116 valence electrons. The summed E-state index contributed by atoms with van der Waals surface area (Å²) in [4.78, 5) is 2.35. The van der Waals surface area contributed by atoms with Gasteiger partial charge in [0.15, 0.2) is 6.71 Å². The molecule has 1 aliphatic heterocycles. The quantitative estimate of drug-likeness (QED) is 0.644. The summed E-state index contributed by atoms with van der Waals surface area (Å²) in [5.41, 5.74) is 3.51. The number of nitrogens with zero attached hydrogens (tertiary/aromatic N) is 1. The highest BCUT2D eigenvalue weighted by Gasteiger charge is 2.21. The second kappa shape index (κ2) is 8.92. The van der Waals surface area contributed by atoms with Gasteiger partial charge in [-0.3, -0.25) is 0 Å². The molecule has 0 saturated heterocycles. The van der Waals surface area contributed by atoms with Gasteiger partial charge < -0.3 is 4.90 Å². The maximum Gasteiger partial charge on any atom is 0.167 e. The van der Waals surface area contributed by atoms with Gasteiger partial charge in [0, 0.05) is 6.54 Å². The molecule has 0 radical (unpaired) electrons. The molecule has 20 heavy (non-hydrogen) atoms. The van der Waals surface area contributed by atoms with E-state index in [1.165, 1.54) is 44.8 Å². The van der Waals surface area contributed by atoms with Crippen LogP contribution in [0.1, 0.15) is 59.3 Å². The van der Waals surface area contributed by atoms with Crippen LogP contribution >= 0.6 is 0 Å². The Morgan fingerprint density at radius 3 is 2.40 bits per heavy atom. The maximum atomic E-state index is 2.46. The average Bonchev–Trinajstić information content (AvgIpc) is 2.35. The van der Waals surface area contributed by atoms with Crippen LogP contribution in [0.25, 0.3) is 0 Å². The lowest BCUT2D eigenvalue weighted by atomic mass is 9.40. The van der Waals surface area contributed by atoms with E-state index in [9.17, 15) is 0 Å². The molecule has 1 rings (SSSR count). The molecule has 0 spiro atoms. The lowest BCUT2D eigenvalue weighted by molar-refractivity contribution is 0.423. The monoisotopic (exact) mass is 277 g/mol. The molecule has 1 unspecified atom stereocenters. The van der Waals surface area contributed by atoms with Gasteiger partial charge in [-0.15, -0.1) is 0 Å². The fourth-order valence-electron chi connectivity index (χ4n) is 3.93. The molecule has 0 saturated carbocycles. The molecule has 0 aliphatic carbocycles. The Balaban J connectivity index is 2.95. The lowest BCUT2D eigenvalue weighted by Crippen LogP contribution is -2.24. The molecule has 0 N–H and O–H groups in total. The summed E-state index contributed by atoms with van der Waals surface area (Å²) in [6.45, 7) is 11.6. The predicted octanol–water partition coefficient (Wildman–Crippen LogP) is 5.15.